The van der Waals surface area contributed by atoms with Gasteiger partial charge in [-0.3, -0.25) is 10.1 Å². The maximum absolute atomic E-state index is 11.7. The Balaban J connectivity index is 0.00000306. The minimum absolute atomic E-state index is 0. The number of aromatic hydroxyl groups is 1. The number of thiazole rings is 1. The zero-order chi connectivity index (χ0) is 23.7. The lowest BCUT2D eigenvalue weighted by Crippen LogP contribution is -2.47. The highest BCUT2D eigenvalue weighted by molar-refractivity contribution is 7.16. The van der Waals surface area contributed by atoms with E-state index in [0.29, 0.717) is 28.7 Å². The van der Waals surface area contributed by atoms with Crippen LogP contribution in [0.2, 0.25) is 0 Å². The van der Waals surface area contributed by atoms with E-state index < -0.39 is 5.91 Å². The number of rotatable bonds is 14. The molecule has 35 heavy (non-hydrogen) atoms. The Morgan fingerprint density at radius 2 is 1.86 bits per heavy atom. The number of benzene rings is 2. The molecule has 0 fully saturated rings. The Morgan fingerprint density at radius 3 is 2.63 bits per heavy atom. The molecular formula is C24H35Cl2N3O5S. The molecule has 1 heterocycles. The molecule has 0 amide bonds. The maximum Gasteiger partial charge on any atom is 0.305 e. The van der Waals surface area contributed by atoms with E-state index >= 15 is 0 Å². The summed E-state index contributed by atoms with van der Waals surface area (Å²) in [7, 11) is 0. The van der Waals surface area contributed by atoms with Crippen LogP contribution in [-0.4, -0.2) is 52.5 Å². The molecule has 11 heteroatoms. The number of fused-ring (bicyclic) bond motifs is 1. The molecule has 0 saturated heterocycles. The number of phenols is 1. The van der Waals surface area contributed by atoms with Crippen molar-refractivity contribution < 1.29 is 20.1 Å². The predicted molar refractivity (Wildman–Crippen MR) is 145 cm³/mol. The highest BCUT2D eigenvalue weighted by atomic mass is 35.5. The molecule has 2 aromatic carbocycles. The second-order valence-electron chi connectivity index (χ2n) is 8.10. The average molecular weight is 549 g/mol. The van der Waals surface area contributed by atoms with Crippen molar-refractivity contribution in [2.24, 2.45) is 0 Å². The van der Waals surface area contributed by atoms with Crippen molar-refractivity contribution in [3.63, 3.8) is 0 Å². The molecule has 1 aromatic heterocycles. The molecule has 0 unspecified atom stereocenters. The van der Waals surface area contributed by atoms with Gasteiger partial charge in [-0.25, -0.2) is 0 Å². The van der Waals surface area contributed by atoms with Crippen molar-refractivity contribution in [2.45, 2.75) is 45.1 Å². The number of ether oxygens (including phenoxy) is 1. The van der Waals surface area contributed by atoms with Crippen molar-refractivity contribution in [2.75, 3.05) is 26.3 Å². The van der Waals surface area contributed by atoms with Crippen LogP contribution in [0.3, 0.4) is 0 Å². The number of aliphatic hydroxyl groups is 2. The molecule has 3 rings (SSSR count). The van der Waals surface area contributed by atoms with Crippen molar-refractivity contribution in [1.29, 1.82) is 0 Å². The zero-order valence-corrected chi connectivity index (χ0v) is 22.2. The van der Waals surface area contributed by atoms with E-state index in [2.05, 4.69) is 34.7 Å². The van der Waals surface area contributed by atoms with Crippen LogP contribution in [0.25, 0.3) is 10.2 Å². The SMILES string of the molecule is CCCOCCCNCc1cccc(CCNC(O)(O)Cc2ccc(O)c3[nH]c(=O)sc23)c1.Cl.Cl. The van der Waals surface area contributed by atoms with Crippen LogP contribution in [0.4, 0.5) is 0 Å². The van der Waals surface area contributed by atoms with Gasteiger partial charge in [0.2, 0.25) is 5.91 Å². The summed E-state index contributed by atoms with van der Waals surface area (Å²) in [5, 5.41) is 37.0. The fourth-order valence-corrected chi connectivity index (χ4v) is 4.49. The first kappa shape index (κ1) is 31.3. The normalized spacial score (nSPS) is 11.3. The Morgan fingerprint density at radius 1 is 1.09 bits per heavy atom. The van der Waals surface area contributed by atoms with Crippen LogP contribution in [0.1, 0.15) is 36.5 Å². The van der Waals surface area contributed by atoms with Crippen molar-refractivity contribution >= 4 is 46.4 Å². The molecule has 0 aliphatic heterocycles. The highest BCUT2D eigenvalue weighted by Gasteiger charge is 2.25. The molecule has 0 bridgehead atoms. The van der Waals surface area contributed by atoms with E-state index in [1.165, 1.54) is 11.6 Å². The third kappa shape index (κ3) is 10.1. The summed E-state index contributed by atoms with van der Waals surface area (Å²) in [6, 6.07) is 11.2. The van der Waals surface area contributed by atoms with Crippen LogP contribution in [0.15, 0.2) is 41.2 Å². The Hall–Kier alpha value is -1.69. The summed E-state index contributed by atoms with van der Waals surface area (Å²) in [5.74, 6) is -2.18. The summed E-state index contributed by atoms with van der Waals surface area (Å²) in [5.41, 5.74) is 3.16. The van der Waals surface area contributed by atoms with Gasteiger partial charge in [-0.2, -0.15) is 0 Å². The molecule has 3 aromatic rings. The fraction of sp³-hybridized carbons (Fsp3) is 0.458. The third-order valence-corrected chi connectivity index (χ3v) is 6.17. The summed E-state index contributed by atoms with van der Waals surface area (Å²) < 4.78 is 6.00. The maximum atomic E-state index is 11.7. The first-order valence-corrected chi connectivity index (χ1v) is 12.1. The molecule has 0 atom stereocenters. The van der Waals surface area contributed by atoms with Crippen LogP contribution in [0, 0.1) is 0 Å². The second kappa shape index (κ2) is 15.4. The lowest BCUT2D eigenvalue weighted by Gasteiger charge is -2.23. The Labute approximate surface area is 221 Å². The van der Waals surface area contributed by atoms with E-state index in [1.807, 2.05) is 12.1 Å². The van der Waals surface area contributed by atoms with Gasteiger partial charge in [0, 0.05) is 32.7 Å². The molecule has 0 aliphatic rings. The molecule has 8 nitrogen and oxygen atoms in total. The highest BCUT2D eigenvalue weighted by Crippen LogP contribution is 2.29. The predicted octanol–water partition coefficient (Wildman–Crippen LogP) is 3.06. The summed E-state index contributed by atoms with van der Waals surface area (Å²) in [4.78, 5) is 13.9. The quantitative estimate of drug-likeness (QED) is 0.135. The van der Waals surface area contributed by atoms with Crippen LogP contribution >= 0.6 is 36.2 Å². The number of halogens is 2. The van der Waals surface area contributed by atoms with Crippen LogP contribution in [-0.2, 0) is 24.1 Å². The van der Waals surface area contributed by atoms with Gasteiger partial charge < -0.3 is 30.4 Å². The van der Waals surface area contributed by atoms with Crippen LogP contribution in [0.5, 0.6) is 5.75 Å². The molecule has 0 saturated carbocycles. The molecule has 0 radical (unpaired) electrons. The van der Waals surface area contributed by atoms with Gasteiger partial charge in [-0.05, 0) is 48.6 Å². The summed E-state index contributed by atoms with van der Waals surface area (Å²) >= 11 is 0.935. The van der Waals surface area contributed by atoms with Gasteiger partial charge in [-0.1, -0.05) is 48.6 Å². The van der Waals surface area contributed by atoms with E-state index in [0.717, 1.165) is 56.0 Å². The molecule has 0 aliphatic carbocycles. The number of phenolic OH excluding ortho intramolecular Hbond substituents is 1. The zero-order valence-electron chi connectivity index (χ0n) is 19.7. The molecular weight excluding hydrogens is 513 g/mol. The average Bonchev–Trinajstić information content (AvgIpc) is 3.18. The minimum Gasteiger partial charge on any atom is -0.506 e. The summed E-state index contributed by atoms with van der Waals surface area (Å²) in [6.45, 7) is 5.72. The van der Waals surface area contributed by atoms with Crippen LogP contribution < -0.4 is 15.5 Å². The number of hydrogen-bond acceptors (Lipinski definition) is 8. The number of H-pyrrole nitrogens is 1. The molecule has 196 valence electrons. The smallest absolute Gasteiger partial charge is 0.305 e. The van der Waals surface area contributed by atoms with E-state index in [1.54, 1.807) is 6.07 Å². The number of nitrogens with one attached hydrogen (secondary N) is 3. The monoisotopic (exact) mass is 547 g/mol. The van der Waals surface area contributed by atoms with Gasteiger partial charge in [0.1, 0.15) is 11.3 Å². The van der Waals surface area contributed by atoms with Crippen molar-refractivity contribution in [1.82, 2.24) is 15.6 Å². The largest absolute Gasteiger partial charge is 0.506 e. The third-order valence-electron chi connectivity index (χ3n) is 5.21. The number of aromatic nitrogens is 1. The van der Waals surface area contributed by atoms with E-state index in [4.69, 9.17) is 4.74 Å². The molecule has 0 spiro atoms. The first-order chi connectivity index (χ1) is 15.9. The summed E-state index contributed by atoms with van der Waals surface area (Å²) in [6.07, 6.45) is 2.53. The second-order valence-corrected chi connectivity index (χ2v) is 9.08. The topological polar surface area (TPSA) is 127 Å². The fourth-order valence-electron chi connectivity index (χ4n) is 3.62. The number of aromatic amines is 1. The van der Waals surface area contributed by atoms with Gasteiger partial charge in [-0.15, -0.1) is 24.8 Å². The lowest BCUT2D eigenvalue weighted by atomic mass is 10.1. The first-order valence-electron chi connectivity index (χ1n) is 11.3. The van der Waals surface area contributed by atoms with Gasteiger partial charge >= 0.3 is 4.87 Å². The lowest BCUT2D eigenvalue weighted by molar-refractivity contribution is -0.183. The van der Waals surface area contributed by atoms with Gasteiger partial charge in [0.05, 0.1) is 4.70 Å². The molecule has 6 N–H and O–H groups in total. The number of hydrogen-bond donors (Lipinski definition) is 6. The van der Waals surface area contributed by atoms with Crippen molar-refractivity contribution in [3.8, 4) is 5.75 Å². The van der Waals surface area contributed by atoms with Gasteiger partial charge in [0.25, 0.3) is 0 Å². The van der Waals surface area contributed by atoms with E-state index in [9.17, 15) is 20.1 Å². The Bertz CT molecular complexity index is 1090. The van der Waals surface area contributed by atoms with Gasteiger partial charge in [0.15, 0.2) is 0 Å². The Kier molecular flexibility index (Phi) is 13.8. The minimum atomic E-state index is -2.14. The van der Waals surface area contributed by atoms with Crippen molar-refractivity contribution in [3.05, 3.63) is 62.8 Å². The van der Waals surface area contributed by atoms with E-state index in [-0.39, 0.29) is 41.9 Å². The standard InChI is InChI=1S/C24H33N3O5S.2ClH/c1-2-12-32-13-4-10-25-16-18-6-3-5-17(14-18)9-11-26-24(30,31)15-19-7-8-20(28)21-22(19)33-23(29)27-21;;/h3,5-8,14,25-26,28,30-31H,2,4,9-13,15-16H2,1H3,(H,27,29);2*1H.